The number of likely N-dealkylation sites (tertiary alicyclic amines) is 1. The number of hydrogen-bond donors (Lipinski definition) is 0. The summed E-state index contributed by atoms with van der Waals surface area (Å²) < 4.78 is 7.65. The van der Waals surface area contributed by atoms with Crippen molar-refractivity contribution in [2.24, 2.45) is 5.92 Å². The Bertz CT molecular complexity index is 827. The van der Waals surface area contributed by atoms with Crippen LogP contribution in [0, 0.1) is 12.8 Å². The highest BCUT2D eigenvalue weighted by Crippen LogP contribution is 2.23. The number of ether oxygens (including phenoxy) is 1. The second-order valence-corrected chi connectivity index (χ2v) is 9.34. The van der Waals surface area contributed by atoms with Gasteiger partial charge in [0.25, 0.3) is 0 Å². The average Bonchev–Trinajstić information content (AvgIpc) is 3.50. The van der Waals surface area contributed by atoms with Gasteiger partial charge in [-0.05, 0) is 69.2 Å². The molecule has 2 fully saturated rings. The molecule has 7 heteroatoms. The second kappa shape index (κ2) is 11.6. The maximum Gasteiger partial charge on any atom is 0.222 e. The molecule has 0 spiro atoms. The summed E-state index contributed by atoms with van der Waals surface area (Å²) in [6.45, 7) is 8.60. The van der Waals surface area contributed by atoms with Gasteiger partial charge in [0.1, 0.15) is 12.7 Å². The van der Waals surface area contributed by atoms with Crippen LogP contribution in [-0.2, 0) is 22.6 Å². The molecule has 1 aromatic heterocycles. The summed E-state index contributed by atoms with van der Waals surface area (Å²) in [7, 11) is 0. The number of rotatable bonds is 10. The molecule has 1 unspecified atom stereocenters. The van der Waals surface area contributed by atoms with Crippen molar-refractivity contribution in [3.8, 4) is 0 Å². The number of nitrogens with zero attached hydrogens (tertiary/aromatic N) is 5. The third-order valence-electron chi connectivity index (χ3n) is 6.89. The Morgan fingerprint density at radius 1 is 1.19 bits per heavy atom. The number of carbonyl (C=O) groups is 1. The van der Waals surface area contributed by atoms with E-state index in [0.717, 1.165) is 78.0 Å². The quantitative estimate of drug-likeness (QED) is 0.568. The van der Waals surface area contributed by atoms with Crippen molar-refractivity contribution in [2.45, 2.75) is 64.6 Å². The van der Waals surface area contributed by atoms with Crippen LogP contribution in [0.2, 0.25) is 0 Å². The molecule has 1 amide bonds. The first-order valence-electron chi connectivity index (χ1n) is 12.2. The highest BCUT2D eigenvalue weighted by Gasteiger charge is 2.27. The molecular weight excluding hydrogens is 402 g/mol. The van der Waals surface area contributed by atoms with E-state index < -0.39 is 0 Å². The van der Waals surface area contributed by atoms with Gasteiger partial charge < -0.3 is 9.64 Å². The summed E-state index contributed by atoms with van der Waals surface area (Å²) in [5.74, 6) is 0.826. The first-order chi connectivity index (χ1) is 15.7. The lowest BCUT2D eigenvalue weighted by Gasteiger charge is -2.36. The second-order valence-electron chi connectivity index (χ2n) is 9.34. The summed E-state index contributed by atoms with van der Waals surface area (Å²) in [5.41, 5.74) is 2.79. The minimum absolute atomic E-state index is 0.204. The predicted molar refractivity (Wildman–Crippen MR) is 124 cm³/mol. The number of aromatic nitrogens is 3. The van der Waals surface area contributed by atoms with E-state index in [0.29, 0.717) is 12.3 Å². The summed E-state index contributed by atoms with van der Waals surface area (Å²) in [6.07, 6.45) is 9.28. The molecule has 2 aliphatic heterocycles. The molecular formula is C25H37N5O2. The monoisotopic (exact) mass is 439 g/mol. The van der Waals surface area contributed by atoms with Crippen molar-refractivity contribution in [1.82, 2.24) is 24.6 Å². The normalized spacial score (nSPS) is 20.0. The van der Waals surface area contributed by atoms with Gasteiger partial charge in [-0.15, -0.1) is 0 Å². The van der Waals surface area contributed by atoms with Crippen LogP contribution in [0.1, 0.15) is 49.7 Å². The number of hydrogen-bond acceptors (Lipinski definition) is 5. The average molecular weight is 440 g/mol. The van der Waals surface area contributed by atoms with Crippen LogP contribution >= 0.6 is 0 Å². The zero-order valence-electron chi connectivity index (χ0n) is 19.4. The predicted octanol–water partition coefficient (Wildman–Crippen LogP) is 3.29. The largest absolute Gasteiger partial charge is 0.376 e. The van der Waals surface area contributed by atoms with Crippen molar-refractivity contribution < 1.29 is 9.53 Å². The minimum atomic E-state index is 0.204. The van der Waals surface area contributed by atoms with E-state index in [4.69, 9.17) is 4.74 Å². The van der Waals surface area contributed by atoms with Crippen LogP contribution in [0.15, 0.2) is 36.9 Å². The fraction of sp³-hybridized carbons (Fsp3) is 0.640. The lowest BCUT2D eigenvalue weighted by atomic mass is 9.95. The van der Waals surface area contributed by atoms with Gasteiger partial charge in [0, 0.05) is 39.2 Å². The third kappa shape index (κ3) is 6.62. The summed E-state index contributed by atoms with van der Waals surface area (Å²) >= 11 is 0. The van der Waals surface area contributed by atoms with Crippen LogP contribution in [0.3, 0.4) is 0 Å². The van der Waals surface area contributed by atoms with Crippen molar-refractivity contribution in [1.29, 1.82) is 0 Å². The van der Waals surface area contributed by atoms with E-state index in [-0.39, 0.29) is 12.0 Å². The first-order valence-corrected chi connectivity index (χ1v) is 12.2. The molecule has 0 saturated carbocycles. The molecule has 0 aliphatic carbocycles. The molecule has 4 rings (SSSR count). The SMILES string of the molecule is Cc1ccccc1CN1CCC(CN(CC2CCCO2)C(=O)CCCn2cncn2)CC1. The molecule has 1 atom stereocenters. The Morgan fingerprint density at radius 2 is 2.03 bits per heavy atom. The van der Waals surface area contributed by atoms with E-state index in [1.807, 2.05) is 0 Å². The Labute approximate surface area is 191 Å². The Morgan fingerprint density at radius 3 is 2.75 bits per heavy atom. The Hall–Kier alpha value is -2.25. The van der Waals surface area contributed by atoms with E-state index >= 15 is 0 Å². The number of carbonyl (C=O) groups excluding carboxylic acids is 1. The smallest absolute Gasteiger partial charge is 0.222 e. The molecule has 7 nitrogen and oxygen atoms in total. The molecule has 2 aromatic rings. The van der Waals surface area contributed by atoms with Crippen molar-refractivity contribution in [3.05, 3.63) is 48.0 Å². The molecule has 32 heavy (non-hydrogen) atoms. The minimum Gasteiger partial charge on any atom is -0.376 e. The van der Waals surface area contributed by atoms with E-state index in [1.165, 1.54) is 17.5 Å². The highest BCUT2D eigenvalue weighted by atomic mass is 16.5. The number of amides is 1. The fourth-order valence-corrected chi connectivity index (χ4v) is 4.88. The van der Waals surface area contributed by atoms with Crippen molar-refractivity contribution in [3.63, 3.8) is 0 Å². The zero-order chi connectivity index (χ0) is 22.2. The van der Waals surface area contributed by atoms with Gasteiger partial charge in [-0.25, -0.2) is 4.98 Å². The number of piperidine rings is 1. The Balaban J connectivity index is 1.26. The van der Waals surface area contributed by atoms with E-state index in [9.17, 15) is 4.79 Å². The zero-order valence-corrected chi connectivity index (χ0v) is 19.4. The van der Waals surface area contributed by atoms with Crippen molar-refractivity contribution >= 4 is 5.91 Å². The maximum absolute atomic E-state index is 13.1. The van der Waals surface area contributed by atoms with Gasteiger partial charge >= 0.3 is 0 Å². The molecule has 0 radical (unpaired) electrons. The van der Waals surface area contributed by atoms with Gasteiger partial charge in [0.2, 0.25) is 5.91 Å². The van der Waals surface area contributed by atoms with Crippen LogP contribution in [0.25, 0.3) is 0 Å². The van der Waals surface area contributed by atoms with Gasteiger partial charge in [-0.1, -0.05) is 24.3 Å². The molecule has 174 valence electrons. The van der Waals surface area contributed by atoms with Crippen LogP contribution in [0.5, 0.6) is 0 Å². The molecule has 2 saturated heterocycles. The topological polar surface area (TPSA) is 63.5 Å². The molecule has 3 heterocycles. The maximum atomic E-state index is 13.1. The number of benzene rings is 1. The number of aryl methyl sites for hydroxylation is 2. The lowest BCUT2D eigenvalue weighted by molar-refractivity contribution is -0.134. The van der Waals surface area contributed by atoms with Gasteiger partial charge in [0.05, 0.1) is 6.10 Å². The molecule has 1 aromatic carbocycles. The summed E-state index contributed by atoms with van der Waals surface area (Å²) in [5, 5.41) is 4.13. The molecule has 0 N–H and O–H groups in total. The van der Waals surface area contributed by atoms with Gasteiger partial charge in [0.15, 0.2) is 0 Å². The third-order valence-corrected chi connectivity index (χ3v) is 6.89. The van der Waals surface area contributed by atoms with Crippen molar-refractivity contribution in [2.75, 3.05) is 32.8 Å². The summed E-state index contributed by atoms with van der Waals surface area (Å²) in [6, 6.07) is 8.67. The van der Waals surface area contributed by atoms with Gasteiger partial charge in [-0.2, -0.15) is 5.10 Å². The van der Waals surface area contributed by atoms with E-state index in [2.05, 4.69) is 51.1 Å². The fourth-order valence-electron chi connectivity index (χ4n) is 4.88. The van der Waals surface area contributed by atoms with E-state index in [1.54, 1.807) is 11.0 Å². The first kappa shape index (κ1) is 22.9. The Kier molecular flexibility index (Phi) is 8.29. The molecule has 2 aliphatic rings. The highest BCUT2D eigenvalue weighted by molar-refractivity contribution is 5.76. The van der Waals surface area contributed by atoms with Crippen LogP contribution in [-0.4, -0.2) is 69.4 Å². The summed E-state index contributed by atoms with van der Waals surface area (Å²) in [4.78, 5) is 21.7. The lowest BCUT2D eigenvalue weighted by Crippen LogP contribution is -2.43. The van der Waals surface area contributed by atoms with Crippen LogP contribution in [0.4, 0.5) is 0 Å². The standard InChI is InChI=1S/C25H37N5O2/c1-21-6-2-3-7-23(21)17-28-13-10-22(11-14-28)16-29(18-24-8-5-15-32-24)25(31)9-4-12-30-20-26-19-27-30/h2-3,6-7,19-20,22,24H,4-5,8-18H2,1H3. The van der Waals surface area contributed by atoms with Crippen LogP contribution < -0.4 is 0 Å². The molecule has 0 bridgehead atoms. The van der Waals surface area contributed by atoms with Gasteiger partial charge in [-0.3, -0.25) is 14.4 Å².